The van der Waals surface area contributed by atoms with Gasteiger partial charge in [0.05, 0.1) is 24.5 Å². The molecular weight excluding hydrogens is 465 g/mol. The first-order chi connectivity index (χ1) is 17.4. The predicted octanol–water partition coefficient (Wildman–Crippen LogP) is 4.98. The molecule has 9 heteroatoms. The van der Waals surface area contributed by atoms with Crippen LogP contribution in [-0.4, -0.2) is 30.9 Å². The Balaban J connectivity index is 1.54. The number of anilines is 2. The van der Waals surface area contributed by atoms with Crippen LogP contribution in [0.2, 0.25) is 0 Å². The minimum atomic E-state index is -0.824. The van der Waals surface area contributed by atoms with Gasteiger partial charge in [0.15, 0.2) is 6.23 Å². The highest BCUT2D eigenvalue weighted by atomic mass is 19.1. The molecule has 0 saturated carbocycles. The topological polar surface area (TPSA) is 88.2 Å². The molecule has 1 atom stereocenters. The molecule has 186 valence electrons. The Morgan fingerprint density at radius 2 is 1.72 bits per heavy atom. The highest BCUT2D eigenvalue weighted by molar-refractivity contribution is 5.92. The molecule has 0 radical (unpaired) electrons. The van der Waals surface area contributed by atoms with Crippen LogP contribution >= 0.6 is 0 Å². The quantitative estimate of drug-likeness (QED) is 0.480. The van der Waals surface area contributed by atoms with E-state index in [4.69, 9.17) is 9.47 Å². The summed E-state index contributed by atoms with van der Waals surface area (Å²) >= 11 is 0. The minimum absolute atomic E-state index is 0.00376. The monoisotopic (exact) mass is 491 g/mol. The number of cyclic esters (lactones) is 1. The van der Waals surface area contributed by atoms with Gasteiger partial charge in [-0.2, -0.15) is 0 Å². The van der Waals surface area contributed by atoms with Crippen molar-refractivity contribution in [2.45, 2.75) is 32.7 Å². The van der Waals surface area contributed by atoms with Gasteiger partial charge in [-0.15, -0.1) is 0 Å². The molecule has 4 rings (SSSR count). The number of halogens is 1. The van der Waals surface area contributed by atoms with Crippen molar-refractivity contribution in [3.8, 4) is 0 Å². The van der Waals surface area contributed by atoms with Gasteiger partial charge in [0.2, 0.25) is 5.91 Å². The summed E-state index contributed by atoms with van der Waals surface area (Å²) in [6, 6.07) is 22.5. The molecule has 0 unspecified atom stereocenters. The number of hydrogen-bond donors (Lipinski definition) is 1. The zero-order chi connectivity index (χ0) is 25.5. The standard InChI is InChI=1S/C27H26FN3O5/c1-2-24(32)29-25-17-30(27(34)36-25)21-13-14-23(22(28)15-21)31(16-19-9-5-3-6-10-19)26(33)35-18-20-11-7-4-8-12-20/h3-15,25H,2,16-18H2,1H3,(H,29,32)/t25-/m0/s1. The van der Waals surface area contributed by atoms with Crippen LogP contribution in [0.1, 0.15) is 24.5 Å². The van der Waals surface area contributed by atoms with Crippen molar-refractivity contribution in [2.24, 2.45) is 0 Å². The number of amides is 3. The van der Waals surface area contributed by atoms with Crippen LogP contribution in [0.4, 0.5) is 25.4 Å². The van der Waals surface area contributed by atoms with Gasteiger partial charge in [-0.25, -0.2) is 14.0 Å². The third-order valence-electron chi connectivity index (χ3n) is 5.60. The Morgan fingerprint density at radius 1 is 1.06 bits per heavy atom. The van der Waals surface area contributed by atoms with Crippen LogP contribution < -0.4 is 15.1 Å². The van der Waals surface area contributed by atoms with Gasteiger partial charge in [-0.05, 0) is 29.3 Å². The molecule has 8 nitrogen and oxygen atoms in total. The Labute approximate surface area is 208 Å². The maximum Gasteiger partial charge on any atom is 0.416 e. The first-order valence-electron chi connectivity index (χ1n) is 11.5. The average Bonchev–Trinajstić information content (AvgIpc) is 3.26. The summed E-state index contributed by atoms with van der Waals surface area (Å²) < 4.78 is 26.0. The normalized spacial score (nSPS) is 14.8. The fourth-order valence-electron chi connectivity index (χ4n) is 3.72. The van der Waals surface area contributed by atoms with Crippen molar-refractivity contribution in [3.63, 3.8) is 0 Å². The van der Waals surface area contributed by atoms with Crippen molar-refractivity contribution in [1.82, 2.24) is 5.32 Å². The van der Waals surface area contributed by atoms with E-state index in [-0.39, 0.29) is 43.4 Å². The zero-order valence-electron chi connectivity index (χ0n) is 19.7. The van der Waals surface area contributed by atoms with E-state index in [2.05, 4.69) is 5.32 Å². The largest absolute Gasteiger partial charge is 0.444 e. The molecule has 36 heavy (non-hydrogen) atoms. The number of nitrogens with zero attached hydrogens (tertiary/aromatic N) is 2. The minimum Gasteiger partial charge on any atom is -0.444 e. The molecule has 1 saturated heterocycles. The second-order valence-corrected chi connectivity index (χ2v) is 8.15. The van der Waals surface area contributed by atoms with Crippen molar-refractivity contribution in [1.29, 1.82) is 0 Å². The van der Waals surface area contributed by atoms with E-state index in [0.717, 1.165) is 17.2 Å². The number of benzene rings is 3. The summed E-state index contributed by atoms with van der Waals surface area (Å²) in [5, 5.41) is 2.59. The van der Waals surface area contributed by atoms with Gasteiger partial charge in [-0.3, -0.25) is 14.6 Å². The Bertz CT molecular complexity index is 1220. The predicted molar refractivity (Wildman–Crippen MR) is 132 cm³/mol. The molecule has 0 aromatic heterocycles. The van der Waals surface area contributed by atoms with E-state index < -0.39 is 24.2 Å². The van der Waals surface area contributed by atoms with Crippen molar-refractivity contribution < 1.29 is 28.2 Å². The molecule has 0 aliphatic carbocycles. The third-order valence-corrected chi connectivity index (χ3v) is 5.60. The van der Waals surface area contributed by atoms with Gasteiger partial charge in [0, 0.05) is 6.42 Å². The van der Waals surface area contributed by atoms with Crippen LogP contribution in [0, 0.1) is 5.82 Å². The van der Waals surface area contributed by atoms with Crippen molar-refractivity contribution >= 4 is 29.5 Å². The first kappa shape index (κ1) is 24.7. The second kappa shape index (κ2) is 11.4. The smallest absolute Gasteiger partial charge is 0.416 e. The fourth-order valence-corrected chi connectivity index (χ4v) is 3.72. The molecule has 0 bridgehead atoms. The highest BCUT2D eigenvalue weighted by Gasteiger charge is 2.34. The van der Waals surface area contributed by atoms with E-state index in [1.54, 1.807) is 6.92 Å². The number of carbonyl (C=O) groups is 3. The first-order valence-corrected chi connectivity index (χ1v) is 11.5. The van der Waals surface area contributed by atoms with Crippen LogP contribution in [0.25, 0.3) is 0 Å². The molecule has 1 aliphatic rings. The molecule has 0 spiro atoms. The number of nitrogens with one attached hydrogen (secondary N) is 1. The lowest BCUT2D eigenvalue weighted by Crippen LogP contribution is -2.37. The molecule has 3 amide bonds. The Kier molecular flexibility index (Phi) is 7.79. The van der Waals surface area contributed by atoms with Crippen LogP contribution in [-0.2, 0) is 27.4 Å². The van der Waals surface area contributed by atoms with Gasteiger partial charge in [-0.1, -0.05) is 67.6 Å². The van der Waals surface area contributed by atoms with Crippen LogP contribution in [0.5, 0.6) is 0 Å². The number of carbonyl (C=O) groups excluding carboxylic acids is 3. The number of rotatable bonds is 8. The lowest BCUT2D eigenvalue weighted by Gasteiger charge is -2.24. The molecule has 1 fully saturated rings. The molecule has 3 aromatic rings. The van der Waals surface area contributed by atoms with Gasteiger partial charge in [0.25, 0.3) is 0 Å². The van der Waals surface area contributed by atoms with Crippen molar-refractivity contribution in [2.75, 3.05) is 16.3 Å². The molecule has 3 aromatic carbocycles. The SMILES string of the molecule is CCC(=O)N[C@@H]1CN(c2ccc(N(Cc3ccccc3)C(=O)OCc3ccccc3)c(F)c2)C(=O)O1. The van der Waals surface area contributed by atoms with Gasteiger partial charge in [0.1, 0.15) is 12.4 Å². The Morgan fingerprint density at radius 3 is 2.36 bits per heavy atom. The number of hydrogen-bond acceptors (Lipinski definition) is 5. The fraction of sp³-hybridized carbons (Fsp3) is 0.222. The van der Waals surface area contributed by atoms with E-state index >= 15 is 4.39 Å². The lowest BCUT2D eigenvalue weighted by atomic mass is 10.2. The second-order valence-electron chi connectivity index (χ2n) is 8.15. The maximum atomic E-state index is 15.4. The third kappa shape index (κ3) is 5.99. The van der Waals surface area contributed by atoms with Crippen LogP contribution in [0.3, 0.4) is 0 Å². The molecular formula is C27H26FN3O5. The van der Waals surface area contributed by atoms with E-state index in [9.17, 15) is 14.4 Å². The summed E-state index contributed by atoms with van der Waals surface area (Å²) in [5.74, 6) is -0.976. The lowest BCUT2D eigenvalue weighted by molar-refractivity contribution is -0.123. The van der Waals surface area contributed by atoms with E-state index in [1.807, 2.05) is 60.7 Å². The summed E-state index contributed by atoms with van der Waals surface area (Å²) in [4.78, 5) is 39.4. The van der Waals surface area contributed by atoms with Crippen molar-refractivity contribution in [3.05, 3.63) is 95.8 Å². The average molecular weight is 492 g/mol. The highest BCUT2D eigenvalue weighted by Crippen LogP contribution is 2.29. The summed E-state index contributed by atoms with van der Waals surface area (Å²) in [6.45, 7) is 1.84. The van der Waals surface area contributed by atoms with Gasteiger partial charge >= 0.3 is 12.2 Å². The summed E-state index contributed by atoms with van der Waals surface area (Å²) in [5.41, 5.74) is 1.84. The molecule has 1 heterocycles. The maximum absolute atomic E-state index is 15.4. The summed E-state index contributed by atoms with van der Waals surface area (Å²) in [7, 11) is 0. The van der Waals surface area contributed by atoms with Gasteiger partial charge < -0.3 is 14.8 Å². The van der Waals surface area contributed by atoms with E-state index in [0.29, 0.717) is 0 Å². The Hall–Kier alpha value is -4.40. The van der Waals surface area contributed by atoms with Crippen LogP contribution in [0.15, 0.2) is 78.9 Å². The molecule has 1 aliphatic heterocycles. The molecule has 1 N–H and O–H groups in total. The van der Waals surface area contributed by atoms with E-state index in [1.165, 1.54) is 21.9 Å². The zero-order valence-corrected chi connectivity index (χ0v) is 19.7. The summed E-state index contributed by atoms with van der Waals surface area (Å²) in [6.07, 6.45) is -1.99. The number of ether oxygens (including phenoxy) is 2.